The van der Waals surface area contributed by atoms with Crippen LogP contribution in [-0.2, 0) is 11.3 Å². The molecule has 0 aliphatic carbocycles. The predicted molar refractivity (Wildman–Crippen MR) is 66.9 cm³/mol. The number of hydrogen-bond donors (Lipinski definition) is 1. The second kappa shape index (κ2) is 6.16. The smallest absolute Gasteiger partial charge is 0.222 e. The maximum absolute atomic E-state index is 11.7. The summed E-state index contributed by atoms with van der Waals surface area (Å²) in [6.45, 7) is 5.44. The number of amides is 1. The third kappa shape index (κ3) is 3.57. The second-order valence-corrected chi connectivity index (χ2v) is 3.91. The van der Waals surface area contributed by atoms with Gasteiger partial charge < -0.3 is 10.6 Å². The summed E-state index contributed by atoms with van der Waals surface area (Å²) in [5.41, 5.74) is 7.55. The molecule has 0 aliphatic rings. The van der Waals surface area contributed by atoms with Crippen LogP contribution >= 0.6 is 0 Å². The number of hydrogen-bond acceptors (Lipinski definition) is 2. The van der Waals surface area contributed by atoms with Gasteiger partial charge in [-0.05, 0) is 24.1 Å². The molecule has 2 N–H and O–H groups in total. The number of benzene rings is 1. The molecule has 0 heterocycles. The number of carbonyl (C=O) groups excluding carboxylic acids is 1. The van der Waals surface area contributed by atoms with Crippen LogP contribution in [0.2, 0.25) is 0 Å². The van der Waals surface area contributed by atoms with Gasteiger partial charge >= 0.3 is 0 Å². The quantitative estimate of drug-likeness (QED) is 0.775. The molecule has 3 nitrogen and oxygen atoms in total. The summed E-state index contributed by atoms with van der Waals surface area (Å²) in [6, 6.07) is 7.70. The van der Waals surface area contributed by atoms with Gasteiger partial charge in [-0.15, -0.1) is 0 Å². The lowest BCUT2D eigenvalue weighted by atomic mass is 10.2. The Morgan fingerprint density at radius 1 is 1.38 bits per heavy atom. The Bertz CT molecular complexity index is 350. The summed E-state index contributed by atoms with van der Waals surface area (Å²) < 4.78 is 0. The molecule has 0 saturated carbocycles. The molecule has 1 aromatic carbocycles. The maximum Gasteiger partial charge on any atom is 0.222 e. The molecule has 0 aromatic heterocycles. The minimum absolute atomic E-state index is 0.198. The van der Waals surface area contributed by atoms with E-state index in [1.54, 1.807) is 0 Å². The maximum atomic E-state index is 11.7. The van der Waals surface area contributed by atoms with E-state index in [4.69, 9.17) is 5.73 Å². The van der Waals surface area contributed by atoms with Crippen LogP contribution in [-0.4, -0.2) is 17.4 Å². The summed E-state index contributed by atoms with van der Waals surface area (Å²) in [5, 5.41) is 0. The molecule has 16 heavy (non-hydrogen) atoms. The number of nitrogens with zero attached hydrogens (tertiary/aromatic N) is 1. The Morgan fingerprint density at radius 2 is 2.12 bits per heavy atom. The van der Waals surface area contributed by atoms with Gasteiger partial charge in [0.2, 0.25) is 5.91 Å². The van der Waals surface area contributed by atoms with Crippen molar-refractivity contribution in [3.8, 4) is 0 Å². The average molecular weight is 220 g/mol. The monoisotopic (exact) mass is 220 g/mol. The standard InChI is InChI=1S/C13H20N2O/c1-3-8-15(13(16)4-2)10-11-6-5-7-12(14)9-11/h5-7,9H,3-4,8,10,14H2,1-2H3. The fourth-order valence-corrected chi connectivity index (χ4v) is 1.70. The van der Waals surface area contributed by atoms with Gasteiger partial charge in [-0.2, -0.15) is 0 Å². The van der Waals surface area contributed by atoms with E-state index in [1.165, 1.54) is 0 Å². The van der Waals surface area contributed by atoms with E-state index in [2.05, 4.69) is 6.92 Å². The van der Waals surface area contributed by atoms with Crippen molar-refractivity contribution in [1.82, 2.24) is 4.90 Å². The lowest BCUT2D eigenvalue weighted by molar-refractivity contribution is -0.131. The van der Waals surface area contributed by atoms with Crippen LogP contribution in [0, 0.1) is 0 Å². The largest absolute Gasteiger partial charge is 0.399 e. The minimum Gasteiger partial charge on any atom is -0.399 e. The first-order valence-electron chi connectivity index (χ1n) is 5.79. The van der Waals surface area contributed by atoms with Crippen LogP contribution < -0.4 is 5.73 Å². The molecule has 1 aromatic rings. The van der Waals surface area contributed by atoms with Crippen molar-refractivity contribution in [2.75, 3.05) is 12.3 Å². The van der Waals surface area contributed by atoms with Gasteiger partial charge in [-0.25, -0.2) is 0 Å². The first-order valence-corrected chi connectivity index (χ1v) is 5.79. The molecule has 0 bridgehead atoms. The van der Waals surface area contributed by atoms with E-state index < -0.39 is 0 Å². The molecule has 0 fully saturated rings. The van der Waals surface area contributed by atoms with E-state index >= 15 is 0 Å². The first-order chi connectivity index (χ1) is 7.67. The number of anilines is 1. The van der Waals surface area contributed by atoms with E-state index in [-0.39, 0.29) is 5.91 Å². The van der Waals surface area contributed by atoms with Crippen LogP contribution in [0.1, 0.15) is 32.3 Å². The number of carbonyl (C=O) groups is 1. The van der Waals surface area contributed by atoms with E-state index in [0.717, 1.165) is 24.2 Å². The molecule has 1 amide bonds. The Labute approximate surface area is 97.2 Å². The van der Waals surface area contributed by atoms with E-state index in [1.807, 2.05) is 36.1 Å². The fraction of sp³-hybridized carbons (Fsp3) is 0.462. The Kier molecular flexibility index (Phi) is 4.83. The van der Waals surface area contributed by atoms with E-state index in [0.29, 0.717) is 13.0 Å². The van der Waals surface area contributed by atoms with Gasteiger partial charge in [0.25, 0.3) is 0 Å². The number of nitrogens with two attached hydrogens (primary N) is 1. The van der Waals surface area contributed by atoms with Crippen molar-refractivity contribution in [3.63, 3.8) is 0 Å². The predicted octanol–water partition coefficient (Wildman–Crippen LogP) is 2.42. The van der Waals surface area contributed by atoms with Crippen LogP contribution in [0.25, 0.3) is 0 Å². The van der Waals surface area contributed by atoms with Crippen molar-refractivity contribution in [2.24, 2.45) is 0 Å². The Balaban J connectivity index is 2.71. The molecule has 0 aliphatic heterocycles. The summed E-state index contributed by atoms with van der Waals surface area (Å²) in [4.78, 5) is 13.6. The zero-order valence-electron chi connectivity index (χ0n) is 10.1. The van der Waals surface area contributed by atoms with Gasteiger partial charge in [0.05, 0.1) is 0 Å². The first kappa shape index (κ1) is 12.6. The topological polar surface area (TPSA) is 46.3 Å². The van der Waals surface area contributed by atoms with Crippen molar-refractivity contribution in [3.05, 3.63) is 29.8 Å². The van der Waals surface area contributed by atoms with Crippen LogP contribution in [0.4, 0.5) is 5.69 Å². The summed E-state index contributed by atoms with van der Waals surface area (Å²) >= 11 is 0. The zero-order chi connectivity index (χ0) is 12.0. The summed E-state index contributed by atoms with van der Waals surface area (Å²) in [6.07, 6.45) is 1.54. The van der Waals surface area contributed by atoms with E-state index in [9.17, 15) is 4.79 Å². The summed E-state index contributed by atoms with van der Waals surface area (Å²) in [7, 11) is 0. The second-order valence-electron chi connectivity index (χ2n) is 3.91. The normalized spacial score (nSPS) is 10.1. The van der Waals surface area contributed by atoms with Gasteiger partial charge in [-0.1, -0.05) is 26.0 Å². The molecular weight excluding hydrogens is 200 g/mol. The molecular formula is C13H20N2O. The van der Waals surface area contributed by atoms with Crippen molar-refractivity contribution < 1.29 is 4.79 Å². The molecule has 88 valence electrons. The van der Waals surface area contributed by atoms with Gasteiger partial charge in [0.15, 0.2) is 0 Å². The molecule has 0 spiro atoms. The van der Waals surface area contributed by atoms with Crippen molar-refractivity contribution >= 4 is 11.6 Å². The van der Waals surface area contributed by atoms with Crippen molar-refractivity contribution in [2.45, 2.75) is 33.2 Å². The lowest BCUT2D eigenvalue weighted by Crippen LogP contribution is -2.30. The number of rotatable bonds is 5. The molecule has 0 saturated heterocycles. The number of nitrogen functional groups attached to an aromatic ring is 1. The minimum atomic E-state index is 0.198. The molecule has 0 radical (unpaired) electrons. The highest BCUT2D eigenvalue weighted by Crippen LogP contribution is 2.10. The third-order valence-corrected chi connectivity index (χ3v) is 2.47. The van der Waals surface area contributed by atoms with Crippen LogP contribution in [0.15, 0.2) is 24.3 Å². The molecule has 0 atom stereocenters. The van der Waals surface area contributed by atoms with Gasteiger partial charge in [-0.3, -0.25) is 4.79 Å². The zero-order valence-corrected chi connectivity index (χ0v) is 10.1. The van der Waals surface area contributed by atoms with Crippen LogP contribution in [0.5, 0.6) is 0 Å². The SMILES string of the molecule is CCCN(Cc1cccc(N)c1)C(=O)CC. The third-order valence-electron chi connectivity index (χ3n) is 2.47. The summed E-state index contributed by atoms with van der Waals surface area (Å²) in [5.74, 6) is 0.198. The highest BCUT2D eigenvalue weighted by molar-refractivity contribution is 5.75. The molecule has 0 unspecified atom stereocenters. The Morgan fingerprint density at radius 3 is 2.69 bits per heavy atom. The highest BCUT2D eigenvalue weighted by Gasteiger charge is 2.10. The van der Waals surface area contributed by atoms with Gasteiger partial charge in [0.1, 0.15) is 0 Å². The Hall–Kier alpha value is -1.51. The average Bonchev–Trinajstić information content (AvgIpc) is 2.27. The highest BCUT2D eigenvalue weighted by atomic mass is 16.2. The lowest BCUT2D eigenvalue weighted by Gasteiger charge is -2.21. The molecule has 1 rings (SSSR count). The van der Waals surface area contributed by atoms with Crippen molar-refractivity contribution in [1.29, 1.82) is 0 Å². The fourth-order valence-electron chi connectivity index (χ4n) is 1.70. The van der Waals surface area contributed by atoms with Crippen LogP contribution in [0.3, 0.4) is 0 Å². The van der Waals surface area contributed by atoms with Gasteiger partial charge in [0, 0.05) is 25.2 Å². The molecule has 3 heteroatoms.